The van der Waals surface area contributed by atoms with E-state index in [2.05, 4.69) is 4.98 Å². The van der Waals surface area contributed by atoms with Gasteiger partial charge in [0.2, 0.25) is 0 Å². The Balaban J connectivity index is 1.72. The highest BCUT2D eigenvalue weighted by molar-refractivity contribution is 6.02. The lowest BCUT2D eigenvalue weighted by molar-refractivity contribution is -0.0753. The van der Waals surface area contributed by atoms with Gasteiger partial charge in [-0.05, 0) is 25.0 Å². The van der Waals surface area contributed by atoms with E-state index in [0.717, 1.165) is 30.2 Å². The Morgan fingerprint density at radius 2 is 2.12 bits per heavy atom. The molecule has 1 aliphatic heterocycles. The molecule has 2 heterocycles. The van der Waals surface area contributed by atoms with Crippen molar-refractivity contribution in [1.29, 1.82) is 0 Å². The summed E-state index contributed by atoms with van der Waals surface area (Å²) in [5.74, 6) is 0.620. The lowest BCUT2D eigenvalue weighted by atomic mass is 9.89. The first-order chi connectivity index (χ1) is 11.8. The summed E-state index contributed by atoms with van der Waals surface area (Å²) in [6, 6.07) is 7.92. The van der Waals surface area contributed by atoms with Gasteiger partial charge in [-0.25, -0.2) is 0 Å². The molecule has 1 saturated carbocycles. The number of carbonyl (C=O) groups is 1. The number of nitrogens with zero attached hydrogens (tertiary/aromatic N) is 2. The number of morpholine rings is 1. The fourth-order valence-corrected chi connectivity index (χ4v) is 3.99. The van der Waals surface area contributed by atoms with Gasteiger partial charge in [-0.15, -0.1) is 0 Å². The molecule has 0 spiro atoms. The van der Waals surface area contributed by atoms with Crippen LogP contribution in [0.4, 0.5) is 0 Å². The van der Waals surface area contributed by atoms with Crippen molar-refractivity contribution in [2.75, 3.05) is 20.3 Å². The van der Waals surface area contributed by atoms with Crippen LogP contribution in [0.15, 0.2) is 30.5 Å². The van der Waals surface area contributed by atoms with E-state index in [1.807, 2.05) is 29.2 Å². The summed E-state index contributed by atoms with van der Waals surface area (Å²) >= 11 is 0. The fraction of sp³-hybridized carbons (Fsp3) is 0.474. The maximum absolute atomic E-state index is 13.2. The molecular weight excluding hydrogens is 304 g/mol. The number of pyridine rings is 1. The highest BCUT2D eigenvalue weighted by Crippen LogP contribution is 2.33. The normalized spacial score (nSPS) is 23.8. The smallest absolute Gasteiger partial charge is 0.259 e. The van der Waals surface area contributed by atoms with Crippen LogP contribution in [0.25, 0.3) is 10.9 Å². The minimum Gasteiger partial charge on any atom is -0.495 e. The van der Waals surface area contributed by atoms with Crippen LogP contribution in [0, 0.1) is 0 Å². The van der Waals surface area contributed by atoms with Gasteiger partial charge in [0.05, 0.1) is 31.4 Å². The number of ether oxygens (including phenoxy) is 2. The maximum Gasteiger partial charge on any atom is 0.259 e. The number of para-hydroxylation sites is 1. The minimum atomic E-state index is 0.00491. The molecule has 1 aromatic carbocycles. The van der Waals surface area contributed by atoms with Gasteiger partial charge in [0.1, 0.15) is 11.3 Å². The third-order valence-electron chi connectivity index (χ3n) is 5.15. The summed E-state index contributed by atoms with van der Waals surface area (Å²) in [4.78, 5) is 19.7. The standard InChI is InChI=1S/C19H22N2O3/c1-23-18-13-6-2-3-7-15(13)20-12-14(18)19(22)21-10-11-24-17-9-5-4-8-16(17)21/h2-3,6-7,12,16-17H,4-5,8-11H2,1H3/t16-,17+/m0/s1. The van der Waals surface area contributed by atoms with Gasteiger partial charge < -0.3 is 14.4 Å². The Morgan fingerprint density at radius 3 is 3.00 bits per heavy atom. The van der Waals surface area contributed by atoms with E-state index >= 15 is 0 Å². The van der Waals surface area contributed by atoms with Crippen LogP contribution >= 0.6 is 0 Å². The lowest BCUT2D eigenvalue weighted by Crippen LogP contribution is -2.54. The summed E-state index contributed by atoms with van der Waals surface area (Å²) < 4.78 is 11.5. The molecule has 0 unspecified atom stereocenters. The maximum atomic E-state index is 13.2. The fourth-order valence-electron chi connectivity index (χ4n) is 3.99. The minimum absolute atomic E-state index is 0.00491. The summed E-state index contributed by atoms with van der Waals surface area (Å²) in [7, 11) is 1.61. The molecule has 0 radical (unpaired) electrons. The molecule has 4 rings (SSSR count). The second-order valence-corrected chi connectivity index (χ2v) is 6.48. The van der Waals surface area contributed by atoms with Crippen molar-refractivity contribution < 1.29 is 14.3 Å². The summed E-state index contributed by atoms with van der Waals surface area (Å²) in [5.41, 5.74) is 1.38. The van der Waals surface area contributed by atoms with Gasteiger partial charge in [0.15, 0.2) is 0 Å². The van der Waals surface area contributed by atoms with Crippen molar-refractivity contribution in [3.8, 4) is 5.75 Å². The molecule has 0 bridgehead atoms. The predicted molar refractivity (Wildman–Crippen MR) is 91.3 cm³/mol. The zero-order chi connectivity index (χ0) is 16.5. The van der Waals surface area contributed by atoms with Crippen molar-refractivity contribution in [2.45, 2.75) is 37.8 Å². The monoisotopic (exact) mass is 326 g/mol. The van der Waals surface area contributed by atoms with E-state index < -0.39 is 0 Å². The summed E-state index contributed by atoms with van der Waals surface area (Å²) in [5, 5.41) is 0.874. The van der Waals surface area contributed by atoms with Gasteiger partial charge in [-0.3, -0.25) is 9.78 Å². The Bertz CT molecular complexity index is 759. The van der Waals surface area contributed by atoms with Gasteiger partial charge in [-0.1, -0.05) is 25.0 Å². The van der Waals surface area contributed by atoms with Crippen molar-refractivity contribution in [1.82, 2.24) is 9.88 Å². The summed E-state index contributed by atoms with van der Waals surface area (Å²) in [6.45, 7) is 1.24. The molecule has 1 amide bonds. The number of hydrogen-bond acceptors (Lipinski definition) is 4. The van der Waals surface area contributed by atoms with Crippen LogP contribution in [0.3, 0.4) is 0 Å². The number of amides is 1. The van der Waals surface area contributed by atoms with E-state index in [1.165, 1.54) is 6.42 Å². The average molecular weight is 326 g/mol. The summed E-state index contributed by atoms with van der Waals surface area (Å²) in [6.07, 6.45) is 6.22. The Hall–Kier alpha value is -2.14. The van der Waals surface area contributed by atoms with Gasteiger partial charge >= 0.3 is 0 Å². The van der Waals surface area contributed by atoms with E-state index in [9.17, 15) is 4.79 Å². The Labute approximate surface area is 141 Å². The molecule has 1 aromatic heterocycles. The van der Waals surface area contributed by atoms with E-state index in [0.29, 0.717) is 24.5 Å². The molecule has 24 heavy (non-hydrogen) atoms. The number of benzene rings is 1. The van der Waals surface area contributed by atoms with Gasteiger partial charge in [0.25, 0.3) is 5.91 Å². The highest BCUT2D eigenvalue weighted by atomic mass is 16.5. The SMILES string of the molecule is COc1c(C(=O)N2CCO[C@@H]3CCCC[C@@H]32)cnc2ccccc12. The van der Waals surface area contributed by atoms with Crippen molar-refractivity contribution >= 4 is 16.8 Å². The van der Waals surface area contributed by atoms with Gasteiger partial charge in [0, 0.05) is 18.1 Å². The van der Waals surface area contributed by atoms with E-state index in [-0.39, 0.29) is 18.1 Å². The molecule has 1 saturated heterocycles. The molecule has 126 valence electrons. The Kier molecular flexibility index (Phi) is 4.10. The molecule has 2 aliphatic rings. The first-order valence-corrected chi connectivity index (χ1v) is 8.64. The van der Waals surface area contributed by atoms with Crippen molar-refractivity contribution in [2.24, 2.45) is 0 Å². The third-order valence-corrected chi connectivity index (χ3v) is 5.15. The zero-order valence-corrected chi connectivity index (χ0v) is 13.9. The predicted octanol–water partition coefficient (Wildman–Crippen LogP) is 3.03. The molecule has 0 N–H and O–H groups in total. The first kappa shape index (κ1) is 15.4. The average Bonchev–Trinajstić information content (AvgIpc) is 2.66. The molecule has 5 heteroatoms. The van der Waals surface area contributed by atoms with Crippen LogP contribution in [-0.4, -0.2) is 48.2 Å². The topological polar surface area (TPSA) is 51.7 Å². The van der Waals surface area contributed by atoms with E-state index in [4.69, 9.17) is 9.47 Å². The number of aromatic nitrogens is 1. The number of carbonyl (C=O) groups excluding carboxylic acids is 1. The number of methoxy groups -OCH3 is 1. The Morgan fingerprint density at radius 1 is 1.29 bits per heavy atom. The van der Waals surface area contributed by atoms with Crippen LogP contribution in [0.2, 0.25) is 0 Å². The van der Waals surface area contributed by atoms with Crippen LogP contribution in [-0.2, 0) is 4.74 Å². The highest BCUT2D eigenvalue weighted by Gasteiger charge is 2.37. The van der Waals surface area contributed by atoms with Crippen LogP contribution in [0.5, 0.6) is 5.75 Å². The molecule has 1 aliphatic carbocycles. The molecule has 2 atom stereocenters. The number of rotatable bonds is 2. The second-order valence-electron chi connectivity index (χ2n) is 6.48. The number of hydrogen-bond donors (Lipinski definition) is 0. The molecule has 5 nitrogen and oxygen atoms in total. The van der Waals surface area contributed by atoms with Crippen molar-refractivity contribution in [3.63, 3.8) is 0 Å². The quantitative estimate of drug-likeness (QED) is 0.851. The molecular formula is C19H22N2O3. The zero-order valence-electron chi connectivity index (χ0n) is 13.9. The van der Waals surface area contributed by atoms with Crippen LogP contribution in [0.1, 0.15) is 36.0 Å². The van der Waals surface area contributed by atoms with Gasteiger partial charge in [-0.2, -0.15) is 0 Å². The first-order valence-electron chi connectivity index (χ1n) is 8.64. The molecule has 2 fully saturated rings. The third kappa shape index (κ3) is 2.53. The van der Waals surface area contributed by atoms with Crippen molar-refractivity contribution in [3.05, 3.63) is 36.0 Å². The lowest BCUT2D eigenvalue weighted by Gasteiger charge is -2.43. The van der Waals surface area contributed by atoms with Crippen LogP contribution < -0.4 is 4.74 Å². The molecule has 2 aromatic rings. The number of fused-ring (bicyclic) bond motifs is 2. The van der Waals surface area contributed by atoms with E-state index in [1.54, 1.807) is 13.3 Å². The largest absolute Gasteiger partial charge is 0.495 e. The second kappa shape index (κ2) is 6.40.